The molecule has 0 radical (unpaired) electrons. The Hall–Kier alpha value is -0.120. The Morgan fingerprint density at radius 3 is 2.44 bits per heavy atom. The predicted molar refractivity (Wildman–Crippen MR) is 71.4 cm³/mol. The zero-order valence-electron chi connectivity index (χ0n) is 11.8. The van der Waals surface area contributed by atoms with Gasteiger partial charge in [-0.15, -0.1) is 0 Å². The van der Waals surface area contributed by atoms with Gasteiger partial charge < -0.3 is 14.9 Å². The fourth-order valence-electron chi connectivity index (χ4n) is 3.81. The molecule has 0 aromatic rings. The van der Waals surface area contributed by atoms with Crippen LogP contribution in [0.3, 0.4) is 0 Å². The Labute approximate surface area is 111 Å². The summed E-state index contributed by atoms with van der Waals surface area (Å²) in [6, 6.07) is 0. The van der Waals surface area contributed by atoms with Crippen LogP contribution in [0, 0.1) is 5.92 Å². The van der Waals surface area contributed by atoms with E-state index >= 15 is 0 Å². The average Bonchev–Trinajstić information content (AvgIpc) is 2.85. The molecular formula is C15H28O3. The van der Waals surface area contributed by atoms with Gasteiger partial charge in [0.15, 0.2) is 0 Å². The Morgan fingerprint density at radius 2 is 1.89 bits per heavy atom. The maximum atomic E-state index is 10.5. The zero-order chi connectivity index (χ0) is 13.2. The summed E-state index contributed by atoms with van der Waals surface area (Å²) in [5.74, 6) is 0.196. The van der Waals surface area contributed by atoms with Gasteiger partial charge in [0, 0.05) is 6.61 Å². The third kappa shape index (κ3) is 2.59. The van der Waals surface area contributed by atoms with Gasteiger partial charge in [-0.25, -0.2) is 0 Å². The molecule has 1 heterocycles. The lowest BCUT2D eigenvalue weighted by Gasteiger charge is -2.44. The zero-order valence-corrected chi connectivity index (χ0v) is 11.8. The largest absolute Gasteiger partial charge is 0.390 e. The van der Waals surface area contributed by atoms with Gasteiger partial charge in [0.1, 0.15) is 0 Å². The van der Waals surface area contributed by atoms with E-state index in [-0.39, 0.29) is 11.5 Å². The minimum Gasteiger partial charge on any atom is -0.390 e. The fourth-order valence-corrected chi connectivity index (χ4v) is 3.81. The van der Waals surface area contributed by atoms with Gasteiger partial charge in [0.2, 0.25) is 0 Å². The lowest BCUT2D eigenvalue weighted by atomic mass is 9.75. The van der Waals surface area contributed by atoms with Crippen LogP contribution in [0.1, 0.15) is 65.2 Å². The van der Waals surface area contributed by atoms with Gasteiger partial charge in [-0.2, -0.15) is 0 Å². The van der Waals surface area contributed by atoms with Gasteiger partial charge in [0.05, 0.1) is 17.3 Å². The van der Waals surface area contributed by atoms with E-state index in [2.05, 4.69) is 0 Å². The van der Waals surface area contributed by atoms with E-state index in [9.17, 15) is 10.2 Å². The second-order valence-electron chi connectivity index (χ2n) is 6.25. The first-order chi connectivity index (χ1) is 8.55. The first-order valence-corrected chi connectivity index (χ1v) is 7.60. The summed E-state index contributed by atoms with van der Waals surface area (Å²) < 4.78 is 5.99. The van der Waals surface area contributed by atoms with E-state index < -0.39 is 11.7 Å². The van der Waals surface area contributed by atoms with Crippen LogP contribution < -0.4 is 0 Å². The number of aliphatic hydroxyl groups excluding tert-OH is 1. The van der Waals surface area contributed by atoms with E-state index in [1.165, 1.54) is 12.8 Å². The number of aliphatic hydroxyl groups is 2. The molecule has 2 rings (SSSR count). The topological polar surface area (TPSA) is 49.7 Å². The molecule has 0 bridgehead atoms. The summed E-state index contributed by atoms with van der Waals surface area (Å²) in [5.41, 5.74) is -0.895. The summed E-state index contributed by atoms with van der Waals surface area (Å²) >= 11 is 0. The summed E-state index contributed by atoms with van der Waals surface area (Å²) in [5, 5.41) is 21.0. The molecule has 1 spiro atoms. The molecule has 0 aromatic carbocycles. The molecule has 2 fully saturated rings. The van der Waals surface area contributed by atoms with Crippen molar-refractivity contribution < 1.29 is 14.9 Å². The molecule has 18 heavy (non-hydrogen) atoms. The molecular weight excluding hydrogens is 228 g/mol. The lowest BCUT2D eigenvalue weighted by molar-refractivity contribution is -0.157. The first-order valence-electron chi connectivity index (χ1n) is 7.60. The molecule has 1 aliphatic carbocycles. The minimum atomic E-state index is -0.915. The molecule has 0 amide bonds. The Kier molecular flexibility index (Phi) is 4.35. The van der Waals surface area contributed by atoms with Crippen LogP contribution in [-0.4, -0.2) is 34.1 Å². The predicted octanol–water partition coefficient (Wildman–Crippen LogP) is 2.64. The van der Waals surface area contributed by atoms with E-state index in [4.69, 9.17) is 4.74 Å². The van der Waals surface area contributed by atoms with Crippen LogP contribution in [0.25, 0.3) is 0 Å². The summed E-state index contributed by atoms with van der Waals surface area (Å²) in [6.07, 6.45) is 7.20. The molecule has 2 N–H and O–H groups in total. The molecule has 2 aliphatic rings. The van der Waals surface area contributed by atoms with Crippen LogP contribution in [0.2, 0.25) is 0 Å². The van der Waals surface area contributed by atoms with E-state index in [0.717, 1.165) is 32.3 Å². The van der Waals surface area contributed by atoms with Crippen molar-refractivity contribution in [1.29, 1.82) is 0 Å². The Morgan fingerprint density at radius 1 is 1.28 bits per heavy atom. The summed E-state index contributed by atoms with van der Waals surface area (Å²) in [4.78, 5) is 0. The number of ether oxygens (including phenoxy) is 1. The second kappa shape index (κ2) is 5.48. The summed E-state index contributed by atoms with van der Waals surface area (Å²) in [7, 11) is 0. The van der Waals surface area contributed by atoms with Crippen molar-refractivity contribution in [1.82, 2.24) is 0 Å². The fraction of sp³-hybridized carbons (Fsp3) is 1.00. The highest BCUT2D eigenvalue weighted by Crippen LogP contribution is 2.44. The highest BCUT2D eigenvalue weighted by molar-refractivity contribution is 4.97. The van der Waals surface area contributed by atoms with E-state index in [1.807, 2.05) is 13.8 Å². The summed E-state index contributed by atoms with van der Waals surface area (Å²) in [6.45, 7) is 4.65. The third-order valence-corrected chi connectivity index (χ3v) is 5.27. The molecule has 0 aromatic heterocycles. The minimum absolute atomic E-state index is 0.0201. The molecule has 106 valence electrons. The standard InChI is InChI=1S/C15H28O3/c1-3-15(17,4-2)13(16)12-7-10-18-14(11-12)8-5-6-9-14/h12-13,16-17H,3-11H2,1-2H3. The van der Waals surface area contributed by atoms with Gasteiger partial charge in [-0.05, 0) is 44.4 Å². The average molecular weight is 256 g/mol. The number of rotatable bonds is 4. The van der Waals surface area contributed by atoms with Crippen LogP contribution in [0.4, 0.5) is 0 Å². The lowest BCUT2D eigenvalue weighted by Crippen LogP contribution is -2.50. The molecule has 1 saturated heterocycles. The Bertz CT molecular complexity index is 267. The number of hydrogen-bond donors (Lipinski definition) is 2. The highest BCUT2D eigenvalue weighted by Gasteiger charge is 2.45. The van der Waals surface area contributed by atoms with Crippen LogP contribution >= 0.6 is 0 Å². The van der Waals surface area contributed by atoms with Crippen molar-refractivity contribution >= 4 is 0 Å². The molecule has 2 unspecified atom stereocenters. The SMILES string of the molecule is CCC(O)(CC)C(O)C1CCOC2(CCCC2)C1. The van der Waals surface area contributed by atoms with Crippen molar-refractivity contribution in [3.8, 4) is 0 Å². The maximum absolute atomic E-state index is 10.5. The van der Waals surface area contributed by atoms with Crippen molar-refractivity contribution in [2.45, 2.75) is 82.5 Å². The second-order valence-corrected chi connectivity index (χ2v) is 6.25. The molecule has 3 heteroatoms. The normalized spacial score (nSPS) is 29.7. The van der Waals surface area contributed by atoms with Crippen molar-refractivity contribution in [3.05, 3.63) is 0 Å². The van der Waals surface area contributed by atoms with E-state index in [0.29, 0.717) is 12.8 Å². The molecule has 1 aliphatic heterocycles. The van der Waals surface area contributed by atoms with Gasteiger partial charge in [0.25, 0.3) is 0 Å². The van der Waals surface area contributed by atoms with Gasteiger partial charge in [-0.3, -0.25) is 0 Å². The van der Waals surface area contributed by atoms with Gasteiger partial charge in [-0.1, -0.05) is 26.7 Å². The third-order valence-electron chi connectivity index (χ3n) is 5.27. The van der Waals surface area contributed by atoms with Crippen molar-refractivity contribution in [2.75, 3.05) is 6.61 Å². The Balaban J connectivity index is 2.04. The molecule has 2 atom stereocenters. The smallest absolute Gasteiger partial charge is 0.0903 e. The number of hydrogen-bond acceptors (Lipinski definition) is 3. The highest BCUT2D eigenvalue weighted by atomic mass is 16.5. The van der Waals surface area contributed by atoms with E-state index in [1.54, 1.807) is 0 Å². The van der Waals surface area contributed by atoms with Crippen LogP contribution in [0.15, 0.2) is 0 Å². The quantitative estimate of drug-likeness (QED) is 0.813. The van der Waals surface area contributed by atoms with Crippen molar-refractivity contribution in [3.63, 3.8) is 0 Å². The molecule has 3 nitrogen and oxygen atoms in total. The van der Waals surface area contributed by atoms with Gasteiger partial charge >= 0.3 is 0 Å². The maximum Gasteiger partial charge on any atom is 0.0903 e. The van der Waals surface area contributed by atoms with Crippen molar-refractivity contribution in [2.24, 2.45) is 5.92 Å². The monoisotopic (exact) mass is 256 g/mol. The molecule has 1 saturated carbocycles. The van der Waals surface area contributed by atoms with Crippen LogP contribution in [0.5, 0.6) is 0 Å². The van der Waals surface area contributed by atoms with Crippen LogP contribution in [-0.2, 0) is 4.74 Å². The first kappa shape index (κ1) is 14.3.